The first kappa shape index (κ1) is 13.6. The number of aryl methyl sites for hydroxylation is 1. The van der Waals surface area contributed by atoms with E-state index in [0.717, 1.165) is 11.1 Å². The summed E-state index contributed by atoms with van der Waals surface area (Å²) in [5.41, 5.74) is 1.59. The number of hydrogen-bond donors (Lipinski definition) is 2. The number of amides is 1. The summed E-state index contributed by atoms with van der Waals surface area (Å²) in [4.78, 5) is 23.2. The molecule has 1 amide bonds. The van der Waals surface area contributed by atoms with Crippen LogP contribution in [-0.4, -0.2) is 17.0 Å². The van der Waals surface area contributed by atoms with Crippen LogP contribution < -0.4 is 5.32 Å². The molecule has 1 aliphatic rings. The minimum Gasteiger partial charge on any atom is -0.480 e. The predicted molar refractivity (Wildman–Crippen MR) is 73.2 cm³/mol. The van der Waals surface area contributed by atoms with Crippen LogP contribution in [0.4, 0.5) is 5.69 Å². The Kier molecular flexibility index (Phi) is 3.35. The van der Waals surface area contributed by atoms with Crippen LogP contribution in [-0.2, 0) is 9.59 Å². The van der Waals surface area contributed by atoms with Crippen LogP contribution in [0, 0.1) is 12.3 Å². The van der Waals surface area contributed by atoms with E-state index < -0.39 is 17.3 Å². The van der Waals surface area contributed by atoms with Crippen molar-refractivity contribution in [3.63, 3.8) is 0 Å². The SMILES string of the molecule is Cc1ccc(C(C)C)cc1NC(=O)C1(C(=O)O)CC1. The fourth-order valence-electron chi connectivity index (χ4n) is 2.04. The number of carbonyl (C=O) groups is 2. The lowest BCUT2D eigenvalue weighted by Gasteiger charge is -2.15. The van der Waals surface area contributed by atoms with E-state index >= 15 is 0 Å². The molecule has 1 saturated carbocycles. The van der Waals surface area contributed by atoms with E-state index in [4.69, 9.17) is 5.11 Å². The summed E-state index contributed by atoms with van der Waals surface area (Å²) < 4.78 is 0. The second kappa shape index (κ2) is 4.68. The molecule has 0 heterocycles. The molecule has 2 rings (SSSR count). The molecule has 0 radical (unpaired) electrons. The number of rotatable bonds is 4. The van der Waals surface area contributed by atoms with Crippen LogP contribution in [0.3, 0.4) is 0 Å². The molecule has 0 saturated heterocycles. The molecule has 0 atom stereocenters. The molecule has 1 aromatic carbocycles. The van der Waals surface area contributed by atoms with Crippen molar-refractivity contribution in [3.05, 3.63) is 29.3 Å². The topological polar surface area (TPSA) is 66.4 Å². The molecule has 4 nitrogen and oxygen atoms in total. The molecule has 0 spiro atoms. The summed E-state index contributed by atoms with van der Waals surface area (Å²) in [5.74, 6) is -1.06. The number of nitrogens with one attached hydrogen (secondary N) is 1. The number of benzene rings is 1. The normalized spacial score (nSPS) is 16.2. The van der Waals surface area contributed by atoms with Crippen LogP contribution in [0.25, 0.3) is 0 Å². The first-order valence-corrected chi connectivity index (χ1v) is 6.52. The van der Waals surface area contributed by atoms with Crippen molar-refractivity contribution in [2.24, 2.45) is 5.41 Å². The number of aliphatic carboxylic acids is 1. The summed E-state index contributed by atoms with van der Waals surface area (Å²) in [6, 6.07) is 5.90. The molecule has 1 aliphatic carbocycles. The van der Waals surface area contributed by atoms with Gasteiger partial charge in [-0.1, -0.05) is 26.0 Å². The zero-order valence-electron chi connectivity index (χ0n) is 11.5. The van der Waals surface area contributed by atoms with Gasteiger partial charge in [0.2, 0.25) is 5.91 Å². The summed E-state index contributed by atoms with van der Waals surface area (Å²) in [5, 5.41) is 11.9. The van der Waals surface area contributed by atoms with Crippen molar-refractivity contribution in [1.82, 2.24) is 0 Å². The fraction of sp³-hybridized carbons (Fsp3) is 0.467. The zero-order chi connectivity index (χ0) is 14.2. The van der Waals surface area contributed by atoms with Crippen LogP contribution in [0.1, 0.15) is 43.7 Å². The number of hydrogen-bond acceptors (Lipinski definition) is 2. The van der Waals surface area contributed by atoms with E-state index in [-0.39, 0.29) is 0 Å². The Morgan fingerprint density at radius 3 is 2.42 bits per heavy atom. The number of carbonyl (C=O) groups excluding carboxylic acids is 1. The van der Waals surface area contributed by atoms with Crippen molar-refractivity contribution in [1.29, 1.82) is 0 Å². The summed E-state index contributed by atoms with van der Waals surface area (Å²) in [6.45, 7) is 6.06. The average molecular weight is 261 g/mol. The third kappa shape index (κ3) is 2.48. The minimum atomic E-state index is -1.19. The number of carboxylic acid groups (broad SMARTS) is 1. The average Bonchev–Trinajstić information content (AvgIpc) is 3.12. The lowest BCUT2D eigenvalue weighted by Crippen LogP contribution is -2.31. The highest BCUT2D eigenvalue weighted by molar-refractivity contribution is 6.11. The maximum Gasteiger partial charge on any atom is 0.319 e. The molecule has 102 valence electrons. The van der Waals surface area contributed by atoms with E-state index in [9.17, 15) is 9.59 Å². The Labute approximate surface area is 112 Å². The second-order valence-electron chi connectivity index (χ2n) is 5.57. The first-order chi connectivity index (χ1) is 8.86. The summed E-state index contributed by atoms with van der Waals surface area (Å²) >= 11 is 0. The molecular formula is C15H19NO3. The van der Waals surface area contributed by atoms with Gasteiger partial charge in [0.1, 0.15) is 5.41 Å². The van der Waals surface area contributed by atoms with E-state index in [0.29, 0.717) is 24.4 Å². The van der Waals surface area contributed by atoms with E-state index in [1.54, 1.807) is 0 Å². The Balaban J connectivity index is 2.22. The van der Waals surface area contributed by atoms with Gasteiger partial charge in [0, 0.05) is 5.69 Å². The lowest BCUT2D eigenvalue weighted by molar-refractivity contribution is -0.147. The standard InChI is InChI=1S/C15H19NO3/c1-9(2)11-5-4-10(3)12(8-11)16-13(17)15(6-7-15)14(18)19/h4-5,8-9H,6-7H2,1-3H3,(H,16,17)(H,18,19). The second-order valence-corrected chi connectivity index (χ2v) is 5.57. The van der Waals surface area contributed by atoms with E-state index in [1.165, 1.54) is 0 Å². The third-order valence-electron chi connectivity index (χ3n) is 3.77. The van der Waals surface area contributed by atoms with Gasteiger partial charge >= 0.3 is 5.97 Å². The highest BCUT2D eigenvalue weighted by Gasteiger charge is 2.57. The highest BCUT2D eigenvalue weighted by atomic mass is 16.4. The van der Waals surface area contributed by atoms with Crippen molar-refractivity contribution in [2.75, 3.05) is 5.32 Å². The van der Waals surface area contributed by atoms with Gasteiger partial charge in [-0.05, 0) is 42.9 Å². The number of carboxylic acids is 1. The van der Waals surface area contributed by atoms with Crippen molar-refractivity contribution in [2.45, 2.75) is 39.5 Å². The number of anilines is 1. The Morgan fingerprint density at radius 1 is 1.32 bits per heavy atom. The fourth-order valence-corrected chi connectivity index (χ4v) is 2.04. The van der Waals surface area contributed by atoms with E-state index in [2.05, 4.69) is 19.2 Å². The van der Waals surface area contributed by atoms with Gasteiger partial charge in [-0.15, -0.1) is 0 Å². The van der Waals surface area contributed by atoms with Crippen LogP contribution in [0.2, 0.25) is 0 Å². The maximum atomic E-state index is 12.1. The molecule has 4 heteroatoms. The Hall–Kier alpha value is -1.84. The van der Waals surface area contributed by atoms with Gasteiger partial charge in [0.25, 0.3) is 0 Å². The predicted octanol–water partition coefficient (Wildman–Crippen LogP) is 2.92. The van der Waals surface area contributed by atoms with Crippen LogP contribution in [0.15, 0.2) is 18.2 Å². The largest absolute Gasteiger partial charge is 0.480 e. The Morgan fingerprint density at radius 2 is 1.95 bits per heavy atom. The van der Waals surface area contributed by atoms with Gasteiger partial charge < -0.3 is 10.4 Å². The quantitative estimate of drug-likeness (QED) is 0.819. The molecule has 0 aromatic heterocycles. The molecule has 2 N–H and O–H groups in total. The van der Waals surface area contributed by atoms with Gasteiger partial charge in [-0.3, -0.25) is 9.59 Å². The zero-order valence-corrected chi connectivity index (χ0v) is 11.5. The first-order valence-electron chi connectivity index (χ1n) is 6.52. The van der Waals surface area contributed by atoms with Crippen LogP contribution in [0.5, 0.6) is 0 Å². The van der Waals surface area contributed by atoms with Crippen molar-refractivity contribution < 1.29 is 14.7 Å². The van der Waals surface area contributed by atoms with Gasteiger partial charge in [0.15, 0.2) is 0 Å². The molecule has 1 fully saturated rings. The summed E-state index contributed by atoms with van der Waals surface area (Å²) in [7, 11) is 0. The maximum absolute atomic E-state index is 12.1. The van der Waals surface area contributed by atoms with Gasteiger partial charge in [-0.25, -0.2) is 0 Å². The molecule has 0 unspecified atom stereocenters. The Bertz CT molecular complexity index is 530. The molecule has 0 aliphatic heterocycles. The third-order valence-corrected chi connectivity index (χ3v) is 3.77. The summed E-state index contributed by atoms with van der Waals surface area (Å²) in [6.07, 6.45) is 0.855. The van der Waals surface area contributed by atoms with Gasteiger partial charge in [0.05, 0.1) is 0 Å². The molecule has 1 aromatic rings. The molecular weight excluding hydrogens is 242 g/mol. The lowest BCUT2D eigenvalue weighted by atomic mass is 10.00. The smallest absolute Gasteiger partial charge is 0.319 e. The molecule has 19 heavy (non-hydrogen) atoms. The van der Waals surface area contributed by atoms with Crippen molar-refractivity contribution in [3.8, 4) is 0 Å². The minimum absolute atomic E-state index is 0.366. The van der Waals surface area contributed by atoms with E-state index in [1.807, 2.05) is 25.1 Å². The monoisotopic (exact) mass is 261 g/mol. The van der Waals surface area contributed by atoms with Crippen molar-refractivity contribution >= 4 is 17.6 Å². The molecule has 0 bridgehead atoms. The highest BCUT2D eigenvalue weighted by Crippen LogP contribution is 2.46. The van der Waals surface area contributed by atoms with Crippen LogP contribution >= 0.6 is 0 Å². The van der Waals surface area contributed by atoms with Gasteiger partial charge in [-0.2, -0.15) is 0 Å².